The first kappa shape index (κ1) is 19.8. The third-order valence-electron chi connectivity index (χ3n) is 3.78. The van der Waals surface area contributed by atoms with Crippen LogP contribution in [0, 0.1) is 13.8 Å². The average molecular weight is 404 g/mol. The maximum atomic E-state index is 12.6. The van der Waals surface area contributed by atoms with Crippen LogP contribution in [0.2, 0.25) is 0 Å². The number of halogens is 2. The second-order valence-corrected chi connectivity index (χ2v) is 7.04. The van der Waals surface area contributed by atoms with Crippen LogP contribution in [0.5, 0.6) is 11.5 Å². The third-order valence-corrected chi connectivity index (χ3v) is 4.91. The first-order valence-corrected chi connectivity index (χ1v) is 9.25. The molecule has 0 unspecified atom stereocenters. The Balaban J connectivity index is 1.69. The van der Waals surface area contributed by atoms with Crippen molar-refractivity contribution in [3.8, 4) is 11.5 Å². The van der Waals surface area contributed by atoms with E-state index in [4.69, 9.17) is 4.74 Å². The second kappa shape index (κ2) is 8.79. The second-order valence-electron chi connectivity index (χ2n) is 5.95. The number of anilines is 1. The zero-order chi connectivity index (χ0) is 20.1. The van der Waals surface area contributed by atoms with Gasteiger partial charge in [0.25, 0.3) is 5.91 Å². The molecule has 0 spiro atoms. The van der Waals surface area contributed by atoms with E-state index in [2.05, 4.69) is 15.0 Å². The Morgan fingerprint density at radius 3 is 2.57 bits per heavy atom. The van der Waals surface area contributed by atoms with Gasteiger partial charge in [0, 0.05) is 0 Å². The Kier molecular flexibility index (Phi) is 6.20. The first-order chi connectivity index (χ1) is 13.4. The molecule has 5 nitrogen and oxygen atoms in total. The van der Waals surface area contributed by atoms with E-state index >= 15 is 0 Å². The summed E-state index contributed by atoms with van der Waals surface area (Å²) in [7, 11) is 0. The quantitative estimate of drug-likeness (QED) is 0.589. The van der Waals surface area contributed by atoms with E-state index in [1.807, 2.05) is 31.2 Å². The Labute approximate surface area is 164 Å². The average Bonchev–Trinajstić information content (AvgIpc) is 3.03. The van der Waals surface area contributed by atoms with Gasteiger partial charge in [0.1, 0.15) is 28.0 Å². The number of nitrogens with one attached hydrogen (secondary N) is 1. The summed E-state index contributed by atoms with van der Waals surface area (Å²) in [6, 6.07) is 13.6. The maximum absolute atomic E-state index is 12.6. The number of benzene rings is 2. The summed E-state index contributed by atoms with van der Waals surface area (Å²) in [5.74, 6) is 0.167. The Morgan fingerprint density at radius 1 is 1.14 bits per heavy atom. The van der Waals surface area contributed by atoms with E-state index in [1.54, 1.807) is 19.1 Å². The smallest absolute Gasteiger partial charge is 0.387 e. The summed E-state index contributed by atoms with van der Waals surface area (Å²) in [4.78, 5) is 17.3. The van der Waals surface area contributed by atoms with Crippen molar-refractivity contribution in [3.05, 3.63) is 69.7 Å². The lowest BCUT2D eigenvalue weighted by molar-refractivity contribution is -0.0493. The molecule has 0 aliphatic heterocycles. The molecule has 8 heteroatoms. The van der Waals surface area contributed by atoms with Gasteiger partial charge in [0.05, 0.1) is 11.4 Å². The van der Waals surface area contributed by atoms with E-state index in [9.17, 15) is 13.6 Å². The highest BCUT2D eigenvalue weighted by Crippen LogP contribution is 2.28. The number of ether oxygens (including phenoxy) is 2. The molecule has 0 aliphatic carbocycles. The van der Waals surface area contributed by atoms with Crippen LogP contribution in [-0.2, 0) is 6.61 Å². The summed E-state index contributed by atoms with van der Waals surface area (Å²) >= 11 is 1.19. The van der Waals surface area contributed by atoms with Gasteiger partial charge in [-0.3, -0.25) is 4.79 Å². The zero-order valence-corrected chi connectivity index (χ0v) is 16.1. The summed E-state index contributed by atoms with van der Waals surface area (Å²) < 4.78 is 35.2. The Hall–Kier alpha value is -3.00. The molecular weight excluding hydrogens is 386 g/mol. The van der Waals surface area contributed by atoms with Crippen LogP contribution in [0.4, 0.5) is 14.5 Å². The predicted molar refractivity (Wildman–Crippen MR) is 103 cm³/mol. The van der Waals surface area contributed by atoms with Crippen molar-refractivity contribution >= 4 is 22.9 Å². The molecule has 3 rings (SSSR count). The highest BCUT2D eigenvalue weighted by molar-refractivity contribution is 7.13. The number of thiazole rings is 1. The van der Waals surface area contributed by atoms with Gasteiger partial charge in [0.15, 0.2) is 0 Å². The highest BCUT2D eigenvalue weighted by Gasteiger charge is 2.18. The molecule has 146 valence electrons. The van der Waals surface area contributed by atoms with Crippen molar-refractivity contribution in [2.45, 2.75) is 27.1 Å². The molecule has 1 N–H and O–H groups in total. The minimum Gasteiger partial charge on any atom is -0.486 e. The minimum atomic E-state index is -2.98. The number of hydrogen-bond donors (Lipinski definition) is 1. The van der Waals surface area contributed by atoms with Crippen molar-refractivity contribution < 1.29 is 23.0 Å². The number of amides is 1. The number of alkyl halides is 2. The maximum Gasteiger partial charge on any atom is 0.387 e. The van der Waals surface area contributed by atoms with Gasteiger partial charge in [-0.25, -0.2) is 4.98 Å². The van der Waals surface area contributed by atoms with Crippen molar-refractivity contribution in [1.29, 1.82) is 0 Å². The van der Waals surface area contributed by atoms with E-state index in [1.165, 1.54) is 23.5 Å². The molecule has 0 bridgehead atoms. The van der Waals surface area contributed by atoms with E-state index < -0.39 is 12.5 Å². The number of carbonyl (C=O) groups excluding carboxylic acids is 1. The highest BCUT2D eigenvalue weighted by atomic mass is 32.1. The molecule has 1 heterocycles. The molecule has 3 aromatic rings. The third kappa shape index (κ3) is 5.04. The van der Waals surface area contributed by atoms with Crippen LogP contribution in [0.1, 0.15) is 25.9 Å². The van der Waals surface area contributed by atoms with Crippen LogP contribution in [-0.4, -0.2) is 17.5 Å². The van der Waals surface area contributed by atoms with Gasteiger partial charge >= 0.3 is 6.61 Å². The zero-order valence-electron chi connectivity index (χ0n) is 15.2. The Morgan fingerprint density at radius 2 is 1.86 bits per heavy atom. The van der Waals surface area contributed by atoms with Crippen LogP contribution < -0.4 is 14.8 Å². The molecule has 0 saturated heterocycles. The van der Waals surface area contributed by atoms with Crippen LogP contribution >= 0.6 is 11.3 Å². The van der Waals surface area contributed by atoms with Crippen molar-refractivity contribution in [3.63, 3.8) is 0 Å². The molecule has 0 radical (unpaired) electrons. The molecule has 0 aliphatic rings. The SMILES string of the molecule is Cc1ccc(OCc2nc(C)c(C(=O)Nc3ccccc3OC(F)F)s2)cc1. The number of nitrogens with zero attached hydrogens (tertiary/aromatic N) is 1. The molecular formula is C20H18F2N2O3S. The Bertz CT molecular complexity index is 958. The summed E-state index contributed by atoms with van der Waals surface area (Å²) in [6.07, 6.45) is 0. The fraction of sp³-hybridized carbons (Fsp3) is 0.200. The molecule has 0 saturated carbocycles. The number of rotatable bonds is 7. The molecule has 28 heavy (non-hydrogen) atoms. The largest absolute Gasteiger partial charge is 0.486 e. The fourth-order valence-electron chi connectivity index (χ4n) is 2.45. The lowest BCUT2D eigenvalue weighted by Crippen LogP contribution is -2.13. The molecule has 0 atom stereocenters. The van der Waals surface area contributed by atoms with Gasteiger partial charge in [-0.1, -0.05) is 29.8 Å². The van der Waals surface area contributed by atoms with Gasteiger partial charge in [0.2, 0.25) is 0 Å². The van der Waals surface area contributed by atoms with Crippen LogP contribution in [0.15, 0.2) is 48.5 Å². The number of carbonyl (C=O) groups is 1. The molecule has 0 fully saturated rings. The van der Waals surface area contributed by atoms with E-state index in [0.29, 0.717) is 21.3 Å². The van der Waals surface area contributed by atoms with Gasteiger partial charge in [-0.05, 0) is 38.1 Å². The first-order valence-electron chi connectivity index (χ1n) is 8.43. The topological polar surface area (TPSA) is 60.5 Å². The van der Waals surface area contributed by atoms with Gasteiger partial charge < -0.3 is 14.8 Å². The van der Waals surface area contributed by atoms with Crippen molar-refractivity contribution in [1.82, 2.24) is 4.98 Å². The van der Waals surface area contributed by atoms with Crippen LogP contribution in [0.3, 0.4) is 0 Å². The summed E-state index contributed by atoms with van der Waals surface area (Å²) in [5, 5.41) is 3.24. The molecule has 1 aromatic heterocycles. The van der Waals surface area contributed by atoms with Crippen molar-refractivity contribution in [2.24, 2.45) is 0 Å². The lowest BCUT2D eigenvalue weighted by atomic mass is 10.2. The van der Waals surface area contributed by atoms with E-state index in [-0.39, 0.29) is 18.0 Å². The van der Waals surface area contributed by atoms with Gasteiger partial charge in [-0.2, -0.15) is 8.78 Å². The number of hydrogen-bond acceptors (Lipinski definition) is 5. The van der Waals surface area contributed by atoms with Crippen LogP contribution in [0.25, 0.3) is 0 Å². The molecule has 1 amide bonds. The predicted octanol–water partition coefficient (Wildman–Crippen LogP) is 5.19. The number of aromatic nitrogens is 1. The standard InChI is InChI=1S/C20H18F2N2O3S/c1-12-7-9-14(10-8-12)26-11-17-23-13(2)18(28-17)19(25)24-15-5-3-4-6-16(15)27-20(21)22/h3-10,20H,11H2,1-2H3,(H,24,25). The fourth-order valence-corrected chi connectivity index (χ4v) is 3.33. The number of aryl methyl sites for hydroxylation is 2. The van der Waals surface area contributed by atoms with Gasteiger partial charge in [-0.15, -0.1) is 11.3 Å². The minimum absolute atomic E-state index is 0.101. The lowest BCUT2D eigenvalue weighted by Gasteiger charge is -2.11. The molecule has 2 aromatic carbocycles. The normalized spacial score (nSPS) is 10.8. The monoisotopic (exact) mass is 404 g/mol. The van der Waals surface area contributed by atoms with E-state index in [0.717, 1.165) is 5.56 Å². The number of para-hydroxylation sites is 2. The summed E-state index contributed by atoms with van der Waals surface area (Å²) in [6.45, 7) is 0.951. The van der Waals surface area contributed by atoms with Crippen molar-refractivity contribution in [2.75, 3.05) is 5.32 Å². The summed E-state index contributed by atoms with van der Waals surface area (Å²) in [5.41, 5.74) is 1.84.